The van der Waals surface area contributed by atoms with Crippen molar-refractivity contribution in [2.24, 2.45) is 40.4 Å². The lowest BCUT2D eigenvalue weighted by molar-refractivity contribution is -0.384. The number of nitrogens with zero attached hydrogens (tertiary/aromatic N) is 1. The number of non-ortho nitro benzene ring substituents is 1. The van der Waals surface area contributed by atoms with Gasteiger partial charge in [0.25, 0.3) is 5.69 Å². The van der Waals surface area contributed by atoms with E-state index in [-0.39, 0.29) is 64.4 Å². The molecule has 4 N–H and O–H groups in total. The van der Waals surface area contributed by atoms with E-state index in [4.69, 9.17) is 42.6 Å². The number of aliphatic hydroxyl groups is 4. The van der Waals surface area contributed by atoms with Gasteiger partial charge >= 0.3 is 18.1 Å². The molecule has 406 valence electrons. The zero-order chi connectivity index (χ0) is 53.4. The second kappa shape index (κ2) is 22.3. The van der Waals surface area contributed by atoms with Gasteiger partial charge < -0.3 is 63.1 Å². The molecule has 2 aromatic rings. The number of ketones is 1. The summed E-state index contributed by atoms with van der Waals surface area (Å²) in [5, 5.41) is 58.8. The normalized spacial score (nSPS) is 37.0. The van der Waals surface area contributed by atoms with Gasteiger partial charge in [0.2, 0.25) is 0 Å². The maximum Gasteiger partial charge on any atom is 0.514 e. The third kappa shape index (κ3) is 10.8. The minimum absolute atomic E-state index is 0.0209. The summed E-state index contributed by atoms with van der Waals surface area (Å²) in [6.07, 6.45) is -8.13. The summed E-state index contributed by atoms with van der Waals surface area (Å²) in [5.41, 5.74) is -1.65. The number of benzene rings is 2. The van der Waals surface area contributed by atoms with Crippen LogP contribution in [0.15, 0.2) is 60.2 Å². The number of esters is 2. The lowest BCUT2D eigenvalue weighted by Gasteiger charge is -2.59. The number of carbonyl (C=O) groups is 4. The van der Waals surface area contributed by atoms with Crippen LogP contribution in [0.2, 0.25) is 0 Å². The van der Waals surface area contributed by atoms with Crippen molar-refractivity contribution in [2.45, 2.75) is 166 Å². The van der Waals surface area contributed by atoms with Crippen LogP contribution in [0.1, 0.15) is 110 Å². The number of nitro groups is 1. The first-order chi connectivity index (χ1) is 35.1. The molecule has 20 heteroatoms. The molecule has 2 aromatic carbocycles. The van der Waals surface area contributed by atoms with Gasteiger partial charge in [0.05, 0.1) is 43.0 Å². The molecule has 17 atom stereocenters. The number of nitro benzene ring substituents is 1. The zero-order valence-corrected chi connectivity index (χ0v) is 43.0. The average Bonchev–Trinajstić information content (AvgIpc) is 3.59. The molecule has 0 radical (unpaired) electrons. The van der Waals surface area contributed by atoms with Crippen LogP contribution >= 0.6 is 0 Å². The lowest BCUT2D eigenvalue weighted by atomic mass is 9.46. The fourth-order valence-corrected chi connectivity index (χ4v) is 13.1. The van der Waals surface area contributed by atoms with Crippen LogP contribution in [0.3, 0.4) is 0 Å². The standard InChI is InChI=1S/C54H71NO19/c1-28(2)8-19-40(58)29(3)54(63)43(25-39-37-18-11-32-24-34(57)20-22-52(32,5)38(37)21-23-53(39,54)6)72-50-47(69-30(4)56)45(41(59)26-67-50)74-49-46(73-48(61)31-9-14-35(66-7)15-10-31)44(60)42(27-68-49)71-51(62)70-36-16-12-33(13-17-36)55(64)65/h9-17,28-29,34,37-39,41-47,49-50,57,59-60,63H,8,18-27H2,1-7H3/t29-,34+,37-,38?,39+,41+,42-,43+,44+,45+,46-,47-,49+,50+,52+,53+,54-/m1/s1. The molecule has 0 aromatic heterocycles. The first-order valence-corrected chi connectivity index (χ1v) is 25.8. The van der Waals surface area contributed by atoms with Crippen molar-refractivity contribution in [1.82, 2.24) is 0 Å². The van der Waals surface area contributed by atoms with Crippen LogP contribution in [-0.2, 0) is 42.7 Å². The van der Waals surface area contributed by atoms with Crippen molar-refractivity contribution < 1.29 is 87.2 Å². The van der Waals surface area contributed by atoms with E-state index >= 15 is 0 Å². The van der Waals surface area contributed by atoms with Crippen LogP contribution in [-0.4, -0.2) is 137 Å². The molecule has 2 heterocycles. The molecular weight excluding hydrogens is 967 g/mol. The number of fused-ring (bicyclic) bond motifs is 5. The number of carbonyl (C=O) groups excluding carboxylic acids is 4. The fourth-order valence-electron chi connectivity index (χ4n) is 13.1. The van der Waals surface area contributed by atoms with Crippen molar-refractivity contribution in [3.05, 3.63) is 75.9 Å². The Kier molecular flexibility index (Phi) is 16.6. The predicted molar refractivity (Wildman–Crippen MR) is 259 cm³/mol. The number of hydrogen-bond acceptors (Lipinski definition) is 19. The Bertz CT molecular complexity index is 2400. The van der Waals surface area contributed by atoms with Crippen LogP contribution in [0.5, 0.6) is 11.5 Å². The molecule has 0 amide bonds. The van der Waals surface area contributed by atoms with Gasteiger partial charge in [0.15, 0.2) is 30.9 Å². The number of aliphatic hydroxyl groups excluding tert-OH is 3. The summed E-state index contributed by atoms with van der Waals surface area (Å²) in [4.78, 5) is 64.6. The fraction of sp³-hybridized carbons (Fsp3) is 0.667. The molecule has 1 unspecified atom stereocenters. The highest BCUT2D eigenvalue weighted by atomic mass is 16.8. The van der Waals surface area contributed by atoms with Gasteiger partial charge in [-0.3, -0.25) is 19.7 Å². The highest BCUT2D eigenvalue weighted by Gasteiger charge is 2.70. The van der Waals surface area contributed by atoms with Gasteiger partial charge in [-0.25, -0.2) is 9.59 Å². The molecule has 4 aliphatic carbocycles. The number of methoxy groups -OCH3 is 1. The maximum absolute atomic E-state index is 14.3. The van der Waals surface area contributed by atoms with E-state index in [9.17, 15) is 49.7 Å². The van der Waals surface area contributed by atoms with Gasteiger partial charge in [0.1, 0.15) is 41.2 Å². The van der Waals surface area contributed by atoms with Crippen molar-refractivity contribution in [3.8, 4) is 11.5 Å². The topological polar surface area (TPSA) is 275 Å². The van der Waals surface area contributed by atoms with Gasteiger partial charge in [-0.1, -0.05) is 46.3 Å². The molecule has 0 spiro atoms. The number of hydrogen-bond donors (Lipinski definition) is 4. The van der Waals surface area contributed by atoms with E-state index in [1.807, 2.05) is 13.8 Å². The van der Waals surface area contributed by atoms with E-state index in [1.165, 1.54) is 49.1 Å². The third-order valence-electron chi connectivity index (χ3n) is 17.2. The summed E-state index contributed by atoms with van der Waals surface area (Å²) in [7, 11) is 1.44. The molecular formula is C54H71NO19. The number of ether oxygens (including phenoxy) is 9. The molecule has 3 saturated carbocycles. The Labute approximate surface area is 430 Å². The minimum Gasteiger partial charge on any atom is -0.497 e. The average molecular weight is 1040 g/mol. The highest BCUT2D eigenvalue weighted by molar-refractivity contribution is 5.89. The molecule has 2 aliphatic heterocycles. The zero-order valence-electron chi connectivity index (χ0n) is 43.0. The first kappa shape index (κ1) is 55.2. The second-order valence-electron chi connectivity index (χ2n) is 21.9. The molecule has 20 nitrogen and oxygen atoms in total. The first-order valence-electron chi connectivity index (χ1n) is 25.8. The number of Topliss-reactive ketones (excluding diaryl/α,β-unsaturated/α-hetero) is 1. The quantitative estimate of drug-likeness (QED) is 0.0366. The molecule has 74 heavy (non-hydrogen) atoms. The summed E-state index contributed by atoms with van der Waals surface area (Å²) < 4.78 is 53.0. The van der Waals surface area contributed by atoms with Crippen LogP contribution < -0.4 is 9.47 Å². The van der Waals surface area contributed by atoms with Crippen LogP contribution in [0, 0.1) is 50.5 Å². The molecule has 5 fully saturated rings. The van der Waals surface area contributed by atoms with Gasteiger partial charge in [-0.15, -0.1) is 0 Å². The highest BCUT2D eigenvalue weighted by Crippen LogP contribution is 2.69. The minimum atomic E-state index is -1.88. The van der Waals surface area contributed by atoms with E-state index in [0.29, 0.717) is 37.9 Å². The van der Waals surface area contributed by atoms with Crippen molar-refractivity contribution >= 4 is 29.6 Å². The maximum atomic E-state index is 14.3. The molecule has 8 rings (SSSR count). The third-order valence-corrected chi connectivity index (χ3v) is 17.2. The molecule has 2 saturated heterocycles. The Morgan fingerprint density at radius 1 is 0.838 bits per heavy atom. The van der Waals surface area contributed by atoms with E-state index in [2.05, 4.69) is 19.9 Å². The summed E-state index contributed by atoms with van der Waals surface area (Å²) in [6.45, 7) is 10.3. The Morgan fingerprint density at radius 3 is 2.18 bits per heavy atom. The Hall–Kier alpha value is -5.06. The van der Waals surface area contributed by atoms with Gasteiger partial charge in [0, 0.05) is 36.8 Å². The summed E-state index contributed by atoms with van der Waals surface area (Å²) in [6, 6.07) is 10.4. The Balaban J connectivity index is 1.07. The Morgan fingerprint density at radius 2 is 1.51 bits per heavy atom. The van der Waals surface area contributed by atoms with Crippen LogP contribution in [0.4, 0.5) is 10.5 Å². The van der Waals surface area contributed by atoms with Gasteiger partial charge in [-0.05, 0) is 117 Å². The SMILES string of the molecule is COc1ccc(C(=O)O[C@H]2[C@H](O[C@@H]3[C@@H](OC(C)=O)[C@H](O[C@H]4C[C@H]5[C@@H]6CC=C7C[C@@H](O)CC[C@]7(C)C6CC[C@]5(C)[C@@]4(O)[C@H](C)C(=O)CCC(C)C)OC[C@@H]3O)OC[C@@H](OC(=O)Oc3ccc([N+](=O)[O-])cc3)[C@@H]2O)cc1. The lowest BCUT2D eigenvalue weighted by Crippen LogP contribution is -2.64. The van der Waals surface area contributed by atoms with Crippen molar-refractivity contribution in [1.29, 1.82) is 0 Å². The predicted octanol–water partition coefficient (Wildman–Crippen LogP) is 6.16. The van der Waals surface area contributed by atoms with E-state index in [0.717, 1.165) is 38.3 Å². The van der Waals surface area contributed by atoms with E-state index < -0.39 is 108 Å². The van der Waals surface area contributed by atoms with Gasteiger partial charge in [-0.2, -0.15) is 0 Å². The van der Waals surface area contributed by atoms with Crippen molar-refractivity contribution in [3.63, 3.8) is 0 Å². The number of rotatable bonds is 16. The summed E-state index contributed by atoms with van der Waals surface area (Å²) in [5.74, 6) is -1.96. The number of allylic oxidation sites excluding steroid dienone is 1. The molecule has 0 bridgehead atoms. The van der Waals surface area contributed by atoms with Crippen LogP contribution in [0.25, 0.3) is 0 Å². The smallest absolute Gasteiger partial charge is 0.497 e. The monoisotopic (exact) mass is 1040 g/mol. The largest absolute Gasteiger partial charge is 0.514 e. The summed E-state index contributed by atoms with van der Waals surface area (Å²) >= 11 is 0. The second-order valence-corrected chi connectivity index (χ2v) is 21.9. The van der Waals surface area contributed by atoms with E-state index in [1.54, 1.807) is 6.92 Å². The van der Waals surface area contributed by atoms with Crippen molar-refractivity contribution in [2.75, 3.05) is 20.3 Å². The molecule has 6 aliphatic rings.